The lowest BCUT2D eigenvalue weighted by Gasteiger charge is -2.58. The van der Waals surface area contributed by atoms with Crippen LogP contribution in [0.3, 0.4) is 0 Å². The number of carbonyl (C=O) groups excluding carboxylic acids is 2. The number of hydroxylamine groups is 2. The second-order valence-corrected chi connectivity index (χ2v) is 10.1. The number of hydrogen-bond acceptors (Lipinski definition) is 6. The van der Waals surface area contributed by atoms with Gasteiger partial charge in [-0.05, 0) is 25.7 Å². The van der Waals surface area contributed by atoms with Gasteiger partial charge in [-0.25, -0.2) is 21.7 Å². The minimum absolute atomic E-state index is 0.00000971. The first-order valence-electron chi connectivity index (χ1n) is 8.58. The maximum atomic E-state index is 12.6. The first-order chi connectivity index (χ1) is 12.2. The number of urea groups is 1. The van der Waals surface area contributed by atoms with Gasteiger partial charge in [0.25, 0.3) is 0 Å². The van der Waals surface area contributed by atoms with Crippen molar-refractivity contribution in [1.82, 2.24) is 19.6 Å². The smallest absolute Gasteiger partial charge is 0.346 e. The predicted molar refractivity (Wildman–Crippen MR) is 91.4 cm³/mol. The molecular formula is C14H22N4O6S2. The summed E-state index contributed by atoms with van der Waals surface area (Å²) in [5.74, 6) is -0.183. The lowest BCUT2D eigenvalue weighted by molar-refractivity contribution is -0.130. The summed E-state index contributed by atoms with van der Waals surface area (Å²) in [4.78, 5) is 26.4. The molecule has 0 aromatic carbocycles. The standard InChI is InChI=1S/C14H22N4O6S2/c1-26(22,23)16-7-14(8-16)4-9(5-14)15-12(19)11-3-2-10-6-17(11)13(20)18(10)24-25-21/h9-11,25H,2-8H2,1H3,(H,15,19)/t10-,11+/m1/s1. The molecule has 0 unspecified atom stereocenters. The molecular weight excluding hydrogens is 384 g/mol. The Morgan fingerprint density at radius 1 is 1.31 bits per heavy atom. The van der Waals surface area contributed by atoms with Crippen LogP contribution < -0.4 is 5.32 Å². The molecule has 3 amide bonds. The molecule has 10 nitrogen and oxygen atoms in total. The molecule has 1 aliphatic carbocycles. The van der Waals surface area contributed by atoms with Crippen LogP contribution in [0.5, 0.6) is 0 Å². The van der Waals surface area contributed by atoms with E-state index in [0.29, 0.717) is 32.5 Å². The van der Waals surface area contributed by atoms with Crippen LogP contribution >= 0.6 is 0 Å². The first-order valence-corrected chi connectivity index (χ1v) is 11.2. The molecule has 12 heteroatoms. The van der Waals surface area contributed by atoms with Crippen LogP contribution in [-0.2, 0) is 31.0 Å². The van der Waals surface area contributed by atoms with Gasteiger partial charge in [0.15, 0.2) is 11.9 Å². The predicted octanol–water partition coefficient (Wildman–Crippen LogP) is -1.41. The third-order valence-electron chi connectivity index (χ3n) is 5.94. The number of piperidine rings is 1. The Hall–Kier alpha value is -1.24. The highest BCUT2D eigenvalue weighted by molar-refractivity contribution is 7.88. The Kier molecular flexibility index (Phi) is 4.29. The first kappa shape index (κ1) is 18.1. The summed E-state index contributed by atoms with van der Waals surface area (Å²) in [7, 11) is -3.13. The van der Waals surface area contributed by atoms with E-state index in [1.165, 1.54) is 15.5 Å². The summed E-state index contributed by atoms with van der Waals surface area (Å²) in [6.45, 7) is 1.44. The van der Waals surface area contributed by atoms with Gasteiger partial charge >= 0.3 is 6.03 Å². The molecule has 146 valence electrons. The van der Waals surface area contributed by atoms with E-state index in [4.69, 9.17) is 4.28 Å². The third kappa shape index (κ3) is 2.92. The number of rotatable bonds is 5. The van der Waals surface area contributed by atoms with Gasteiger partial charge in [0.05, 0.1) is 12.3 Å². The van der Waals surface area contributed by atoms with Crippen LogP contribution in [-0.4, -0.2) is 82.8 Å². The van der Waals surface area contributed by atoms with Crippen molar-refractivity contribution in [1.29, 1.82) is 0 Å². The second kappa shape index (κ2) is 6.14. The van der Waals surface area contributed by atoms with Gasteiger partial charge in [-0.1, -0.05) is 0 Å². The molecule has 3 heterocycles. The van der Waals surface area contributed by atoms with Crippen LogP contribution in [0.4, 0.5) is 4.79 Å². The third-order valence-corrected chi connectivity index (χ3v) is 7.38. The minimum Gasteiger partial charge on any atom is -0.352 e. The van der Waals surface area contributed by atoms with E-state index < -0.39 is 34.0 Å². The van der Waals surface area contributed by atoms with Crippen LogP contribution in [0.1, 0.15) is 25.7 Å². The topological polar surface area (TPSA) is 116 Å². The molecule has 0 aromatic heterocycles. The molecule has 4 fully saturated rings. The largest absolute Gasteiger partial charge is 0.352 e. The van der Waals surface area contributed by atoms with Crippen molar-refractivity contribution in [3.8, 4) is 0 Å². The Labute approximate surface area is 155 Å². The number of hydrogen-bond donors (Lipinski definition) is 2. The second-order valence-electron chi connectivity index (χ2n) is 7.81. The zero-order valence-electron chi connectivity index (χ0n) is 14.3. The van der Waals surface area contributed by atoms with Gasteiger partial charge in [0.1, 0.15) is 6.04 Å². The van der Waals surface area contributed by atoms with E-state index in [2.05, 4.69) is 5.32 Å². The van der Waals surface area contributed by atoms with Gasteiger partial charge in [0, 0.05) is 31.1 Å². The molecule has 2 atom stereocenters. The normalized spacial score (nSPS) is 31.0. The zero-order chi connectivity index (χ0) is 18.7. The number of sulfonamides is 1. The van der Waals surface area contributed by atoms with Gasteiger partial charge < -0.3 is 10.2 Å². The molecule has 3 saturated heterocycles. The van der Waals surface area contributed by atoms with E-state index in [1.54, 1.807) is 0 Å². The lowest BCUT2D eigenvalue weighted by atomic mass is 9.61. The maximum Gasteiger partial charge on any atom is 0.346 e. The highest BCUT2D eigenvalue weighted by atomic mass is 32.2. The van der Waals surface area contributed by atoms with Crippen molar-refractivity contribution in [2.24, 2.45) is 5.41 Å². The monoisotopic (exact) mass is 406 g/mol. The molecule has 0 radical (unpaired) electrons. The molecule has 26 heavy (non-hydrogen) atoms. The van der Waals surface area contributed by atoms with Gasteiger partial charge in [0.2, 0.25) is 15.9 Å². The molecule has 2 bridgehead atoms. The number of amides is 3. The van der Waals surface area contributed by atoms with Crippen LogP contribution in [0.15, 0.2) is 0 Å². The van der Waals surface area contributed by atoms with E-state index in [0.717, 1.165) is 17.9 Å². The average molecular weight is 406 g/mol. The van der Waals surface area contributed by atoms with Gasteiger partial charge in [-0.15, -0.1) is 0 Å². The Morgan fingerprint density at radius 2 is 2.00 bits per heavy atom. The Balaban J connectivity index is 1.29. The van der Waals surface area contributed by atoms with E-state index in [9.17, 15) is 22.2 Å². The van der Waals surface area contributed by atoms with Crippen LogP contribution in [0.2, 0.25) is 0 Å². The van der Waals surface area contributed by atoms with Crippen molar-refractivity contribution in [2.45, 2.75) is 43.8 Å². The number of nitrogens with zero attached hydrogens (tertiary/aromatic N) is 3. The van der Waals surface area contributed by atoms with Crippen molar-refractivity contribution >= 4 is 33.9 Å². The number of fused-ring (bicyclic) bond motifs is 2. The van der Waals surface area contributed by atoms with Crippen molar-refractivity contribution in [3.63, 3.8) is 0 Å². The Morgan fingerprint density at radius 3 is 2.62 bits per heavy atom. The fourth-order valence-corrected chi connectivity index (χ4v) is 5.92. The quantitative estimate of drug-likeness (QED) is 0.542. The summed E-state index contributed by atoms with van der Waals surface area (Å²) >= 11 is -0.587. The van der Waals surface area contributed by atoms with Crippen molar-refractivity contribution < 1.29 is 26.5 Å². The summed E-state index contributed by atoms with van der Waals surface area (Å²) in [6, 6.07) is -1.12. The van der Waals surface area contributed by atoms with Crippen molar-refractivity contribution in [3.05, 3.63) is 0 Å². The number of thiol groups is 1. The molecule has 0 aromatic rings. The van der Waals surface area contributed by atoms with E-state index in [1.807, 2.05) is 0 Å². The molecule has 1 saturated carbocycles. The summed E-state index contributed by atoms with van der Waals surface area (Å²) in [5.41, 5.74) is -0.00000971. The van der Waals surface area contributed by atoms with Gasteiger partial charge in [-0.2, -0.15) is 9.35 Å². The molecule has 4 aliphatic rings. The fraction of sp³-hybridized carbons (Fsp3) is 0.857. The average Bonchev–Trinajstić information content (AvgIpc) is 2.72. The fourth-order valence-electron chi connectivity index (χ4n) is 4.63. The molecule has 1 N–H and O–H groups in total. The number of carbonyl (C=O) groups is 2. The molecule has 3 aliphatic heterocycles. The summed E-state index contributed by atoms with van der Waals surface area (Å²) in [6.07, 6.45) is 3.89. The van der Waals surface area contributed by atoms with Gasteiger partial charge in [-0.3, -0.25) is 4.79 Å². The molecule has 4 rings (SSSR count). The Bertz CT molecular complexity index is 745. The highest BCUT2D eigenvalue weighted by Gasteiger charge is 2.55. The van der Waals surface area contributed by atoms with Crippen LogP contribution in [0.25, 0.3) is 0 Å². The maximum absolute atomic E-state index is 12.6. The highest BCUT2D eigenvalue weighted by Crippen LogP contribution is 2.49. The summed E-state index contributed by atoms with van der Waals surface area (Å²) < 4.78 is 39.8. The lowest BCUT2D eigenvalue weighted by Crippen LogP contribution is -2.68. The van der Waals surface area contributed by atoms with Crippen LogP contribution in [0, 0.1) is 5.41 Å². The van der Waals surface area contributed by atoms with E-state index in [-0.39, 0.29) is 23.4 Å². The zero-order valence-corrected chi connectivity index (χ0v) is 16.0. The minimum atomic E-state index is -3.13. The van der Waals surface area contributed by atoms with Crippen molar-refractivity contribution in [2.75, 3.05) is 25.9 Å². The van der Waals surface area contributed by atoms with E-state index >= 15 is 0 Å². The SMILES string of the molecule is CS(=O)(=O)N1CC2(CC(NC(=O)[C@@H]3CC[C@@H]4CN3C(=O)N4O[SH]=O)C2)C1. The molecule has 1 spiro atoms. The summed E-state index contributed by atoms with van der Waals surface area (Å²) in [5, 5.41) is 4.08. The number of nitrogens with one attached hydrogen (secondary N) is 1.